The van der Waals surface area contributed by atoms with E-state index in [1.807, 2.05) is 0 Å². The Balaban J connectivity index is 2.23. The summed E-state index contributed by atoms with van der Waals surface area (Å²) in [6.45, 7) is 7.58. The molecule has 0 aliphatic heterocycles. The van der Waals surface area contributed by atoms with Gasteiger partial charge in [0.2, 0.25) is 16.6 Å². The molecular formula is C20H26N3O4S+. The average molecular weight is 405 g/mol. The first-order chi connectivity index (χ1) is 13.2. The number of rotatable bonds is 8. The van der Waals surface area contributed by atoms with Gasteiger partial charge in [-0.3, -0.25) is 9.59 Å². The molecule has 2 aromatic rings. The molecule has 7 nitrogen and oxygen atoms in total. The van der Waals surface area contributed by atoms with Crippen LogP contribution in [0, 0.1) is 6.92 Å². The number of ketones is 1. The highest BCUT2D eigenvalue weighted by Gasteiger charge is 2.23. The van der Waals surface area contributed by atoms with Gasteiger partial charge in [-0.25, -0.2) is 8.42 Å². The Bertz CT molecular complexity index is 983. The maximum Gasteiger partial charge on any atom is 0.290 e. The lowest BCUT2D eigenvalue weighted by molar-refractivity contribution is -0.684. The quantitative estimate of drug-likeness (QED) is 0.539. The van der Waals surface area contributed by atoms with E-state index in [9.17, 15) is 18.0 Å². The SMILES string of the molecule is CCN(CC)S(=O)(=O)c1ccc(C)c(NC(=O)C[n+]2cccc(C(C)=O)c2)c1. The molecule has 0 aliphatic rings. The van der Waals surface area contributed by atoms with Crippen molar-refractivity contribution in [3.05, 3.63) is 53.9 Å². The molecule has 0 fully saturated rings. The van der Waals surface area contributed by atoms with E-state index in [-0.39, 0.29) is 23.1 Å². The molecular weight excluding hydrogens is 378 g/mol. The Morgan fingerprint density at radius 2 is 1.82 bits per heavy atom. The summed E-state index contributed by atoms with van der Waals surface area (Å²) in [5.41, 5.74) is 1.72. The van der Waals surface area contributed by atoms with Gasteiger partial charge in [-0.2, -0.15) is 8.87 Å². The molecule has 0 aliphatic carbocycles. The summed E-state index contributed by atoms with van der Waals surface area (Å²) in [5, 5.41) is 2.77. The van der Waals surface area contributed by atoms with E-state index >= 15 is 0 Å². The van der Waals surface area contributed by atoms with Gasteiger partial charge in [0.05, 0.1) is 10.5 Å². The lowest BCUT2D eigenvalue weighted by Gasteiger charge is -2.19. The second-order valence-electron chi connectivity index (χ2n) is 6.44. The van der Waals surface area contributed by atoms with E-state index in [0.717, 1.165) is 5.56 Å². The van der Waals surface area contributed by atoms with Crippen LogP contribution in [-0.2, 0) is 21.4 Å². The van der Waals surface area contributed by atoms with Crippen LogP contribution in [-0.4, -0.2) is 37.5 Å². The third-order valence-electron chi connectivity index (χ3n) is 4.42. The fourth-order valence-electron chi connectivity index (χ4n) is 2.79. The Labute approximate surface area is 166 Å². The minimum atomic E-state index is -3.61. The molecule has 1 N–H and O–H groups in total. The summed E-state index contributed by atoms with van der Waals surface area (Å²) >= 11 is 0. The first-order valence-corrected chi connectivity index (χ1v) is 10.5. The number of carbonyl (C=O) groups is 2. The first kappa shape index (κ1) is 21.7. The van der Waals surface area contributed by atoms with Crippen molar-refractivity contribution in [2.75, 3.05) is 18.4 Å². The van der Waals surface area contributed by atoms with Crippen LogP contribution in [0.5, 0.6) is 0 Å². The van der Waals surface area contributed by atoms with Crippen molar-refractivity contribution in [1.82, 2.24) is 4.31 Å². The summed E-state index contributed by atoms with van der Waals surface area (Å²) in [5.74, 6) is -0.397. The molecule has 1 heterocycles. The van der Waals surface area contributed by atoms with Crippen molar-refractivity contribution in [2.45, 2.75) is 39.1 Å². The number of benzene rings is 1. The van der Waals surface area contributed by atoms with Gasteiger partial charge in [-0.1, -0.05) is 19.9 Å². The number of aryl methyl sites for hydroxylation is 1. The van der Waals surface area contributed by atoms with Crippen molar-refractivity contribution in [3.63, 3.8) is 0 Å². The highest BCUT2D eigenvalue weighted by Crippen LogP contribution is 2.23. The predicted molar refractivity (Wildman–Crippen MR) is 107 cm³/mol. The monoisotopic (exact) mass is 404 g/mol. The standard InChI is InChI=1S/C20H25N3O4S/c1-5-23(6-2)28(26,27)18-10-9-15(3)19(12-18)21-20(25)14-22-11-7-8-17(13-22)16(4)24/h7-13H,5-6,14H2,1-4H3/p+1. The van der Waals surface area contributed by atoms with Gasteiger partial charge in [0.1, 0.15) is 0 Å². The van der Waals surface area contributed by atoms with Gasteiger partial charge in [0.25, 0.3) is 5.91 Å². The topological polar surface area (TPSA) is 87.4 Å². The van der Waals surface area contributed by atoms with Crippen molar-refractivity contribution < 1.29 is 22.6 Å². The predicted octanol–water partition coefficient (Wildman–Crippen LogP) is 2.15. The molecule has 1 amide bonds. The third kappa shape index (κ3) is 5.02. The van der Waals surface area contributed by atoms with Gasteiger partial charge >= 0.3 is 0 Å². The van der Waals surface area contributed by atoms with E-state index in [0.29, 0.717) is 24.3 Å². The maximum absolute atomic E-state index is 12.7. The van der Waals surface area contributed by atoms with Crippen LogP contribution in [0.2, 0.25) is 0 Å². The van der Waals surface area contributed by atoms with Crippen LogP contribution in [0.15, 0.2) is 47.6 Å². The number of hydrogen-bond donors (Lipinski definition) is 1. The largest absolute Gasteiger partial charge is 0.320 e. The zero-order chi connectivity index (χ0) is 20.9. The van der Waals surface area contributed by atoms with E-state index in [4.69, 9.17) is 0 Å². The van der Waals surface area contributed by atoms with E-state index in [1.54, 1.807) is 62.0 Å². The fraction of sp³-hybridized carbons (Fsp3) is 0.350. The summed E-state index contributed by atoms with van der Waals surface area (Å²) in [4.78, 5) is 24.1. The van der Waals surface area contributed by atoms with E-state index in [2.05, 4.69) is 5.32 Å². The number of Topliss-reactive ketones (excluding diaryl/α,β-unsaturated/α-hetero) is 1. The second-order valence-corrected chi connectivity index (χ2v) is 8.37. The van der Waals surface area contributed by atoms with Crippen LogP contribution in [0.25, 0.3) is 0 Å². The normalized spacial score (nSPS) is 11.5. The number of carbonyl (C=O) groups excluding carboxylic acids is 2. The molecule has 0 atom stereocenters. The molecule has 150 valence electrons. The number of amides is 1. The Morgan fingerprint density at radius 1 is 1.14 bits per heavy atom. The number of pyridine rings is 1. The van der Waals surface area contributed by atoms with E-state index < -0.39 is 10.0 Å². The number of hydrogen-bond acceptors (Lipinski definition) is 4. The van der Waals surface area contributed by atoms with Crippen LogP contribution in [0.3, 0.4) is 0 Å². The molecule has 1 aromatic heterocycles. The highest BCUT2D eigenvalue weighted by atomic mass is 32.2. The van der Waals surface area contributed by atoms with E-state index in [1.165, 1.54) is 17.3 Å². The minimum absolute atomic E-state index is 0.00752. The summed E-state index contributed by atoms with van der Waals surface area (Å²) in [6.07, 6.45) is 3.30. The van der Waals surface area contributed by atoms with Crippen LogP contribution < -0.4 is 9.88 Å². The number of anilines is 1. The smallest absolute Gasteiger partial charge is 0.290 e. The maximum atomic E-state index is 12.7. The lowest BCUT2D eigenvalue weighted by Crippen LogP contribution is -2.40. The number of aromatic nitrogens is 1. The zero-order valence-electron chi connectivity index (χ0n) is 16.6. The molecule has 1 aromatic carbocycles. The molecule has 0 saturated carbocycles. The lowest BCUT2D eigenvalue weighted by atomic mass is 10.2. The molecule has 0 saturated heterocycles. The average Bonchev–Trinajstić information content (AvgIpc) is 2.64. The summed E-state index contributed by atoms with van der Waals surface area (Å²) in [6, 6.07) is 8.09. The van der Waals surface area contributed by atoms with Crippen LogP contribution >= 0.6 is 0 Å². The van der Waals surface area contributed by atoms with Crippen molar-refractivity contribution >= 4 is 27.4 Å². The summed E-state index contributed by atoms with van der Waals surface area (Å²) in [7, 11) is -3.61. The van der Waals surface area contributed by atoms with Crippen molar-refractivity contribution in [2.24, 2.45) is 0 Å². The third-order valence-corrected chi connectivity index (χ3v) is 6.46. The summed E-state index contributed by atoms with van der Waals surface area (Å²) < 4.78 is 28.4. The zero-order valence-corrected chi connectivity index (χ0v) is 17.4. The molecule has 8 heteroatoms. The number of sulfonamides is 1. The number of nitrogens with zero attached hydrogens (tertiary/aromatic N) is 2. The van der Waals surface area contributed by atoms with Crippen molar-refractivity contribution in [3.8, 4) is 0 Å². The van der Waals surface area contributed by atoms with Gasteiger partial charge in [0.15, 0.2) is 18.2 Å². The van der Waals surface area contributed by atoms with Gasteiger partial charge in [-0.05, 0) is 37.6 Å². The molecule has 2 rings (SSSR count). The van der Waals surface area contributed by atoms with Gasteiger partial charge in [0, 0.05) is 24.8 Å². The Kier molecular flexibility index (Phi) is 7.04. The second kappa shape index (κ2) is 9.07. The van der Waals surface area contributed by atoms with Gasteiger partial charge < -0.3 is 5.32 Å². The van der Waals surface area contributed by atoms with Gasteiger partial charge in [-0.15, -0.1) is 0 Å². The van der Waals surface area contributed by atoms with Crippen LogP contribution in [0.4, 0.5) is 5.69 Å². The molecule has 0 bridgehead atoms. The number of nitrogens with one attached hydrogen (secondary N) is 1. The molecule has 0 spiro atoms. The first-order valence-electron chi connectivity index (χ1n) is 9.09. The Morgan fingerprint density at radius 3 is 2.43 bits per heavy atom. The molecule has 28 heavy (non-hydrogen) atoms. The fourth-order valence-corrected chi connectivity index (χ4v) is 4.28. The molecule has 0 radical (unpaired) electrons. The minimum Gasteiger partial charge on any atom is -0.320 e. The Hall–Kier alpha value is -2.58. The van der Waals surface area contributed by atoms with Crippen LogP contribution in [0.1, 0.15) is 36.7 Å². The molecule has 0 unspecified atom stereocenters. The van der Waals surface area contributed by atoms with Crippen molar-refractivity contribution in [1.29, 1.82) is 0 Å². The highest BCUT2D eigenvalue weighted by molar-refractivity contribution is 7.89.